The SMILES string of the molecule is Cc1ccc(-c2ccc(-c3ccc4ccccc4n3)s2)cc1. The largest absolute Gasteiger partial charge is 0.247 e. The summed E-state index contributed by atoms with van der Waals surface area (Å²) in [5.74, 6) is 0. The van der Waals surface area contributed by atoms with Gasteiger partial charge in [-0.1, -0.05) is 54.1 Å². The minimum atomic E-state index is 1.04. The second kappa shape index (κ2) is 5.39. The van der Waals surface area contributed by atoms with Crippen LogP contribution in [0.5, 0.6) is 0 Å². The van der Waals surface area contributed by atoms with Crippen LogP contribution in [0.2, 0.25) is 0 Å². The highest BCUT2D eigenvalue weighted by atomic mass is 32.1. The molecule has 0 N–H and O–H groups in total. The van der Waals surface area contributed by atoms with Crippen LogP contribution in [-0.4, -0.2) is 4.98 Å². The van der Waals surface area contributed by atoms with Gasteiger partial charge < -0.3 is 0 Å². The molecule has 0 saturated carbocycles. The Balaban J connectivity index is 1.74. The van der Waals surface area contributed by atoms with Gasteiger partial charge in [0.25, 0.3) is 0 Å². The fourth-order valence-electron chi connectivity index (χ4n) is 2.55. The van der Waals surface area contributed by atoms with Gasteiger partial charge in [-0.05, 0) is 36.8 Å². The molecule has 0 bridgehead atoms. The third-order valence-electron chi connectivity index (χ3n) is 3.79. The van der Waals surface area contributed by atoms with Gasteiger partial charge in [-0.25, -0.2) is 4.98 Å². The van der Waals surface area contributed by atoms with E-state index in [0.717, 1.165) is 11.2 Å². The summed E-state index contributed by atoms with van der Waals surface area (Å²) >= 11 is 1.79. The van der Waals surface area contributed by atoms with Crippen molar-refractivity contribution in [1.29, 1.82) is 0 Å². The van der Waals surface area contributed by atoms with Gasteiger partial charge in [-0.15, -0.1) is 11.3 Å². The zero-order valence-electron chi connectivity index (χ0n) is 12.3. The molecule has 0 amide bonds. The van der Waals surface area contributed by atoms with Gasteiger partial charge in [0.15, 0.2) is 0 Å². The summed E-state index contributed by atoms with van der Waals surface area (Å²) in [6.45, 7) is 2.11. The molecule has 2 heterocycles. The van der Waals surface area contributed by atoms with Crippen molar-refractivity contribution < 1.29 is 0 Å². The molecule has 4 aromatic rings. The molecule has 0 spiro atoms. The third-order valence-corrected chi connectivity index (χ3v) is 4.95. The molecule has 0 aliphatic heterocycles. The number of para-hydroxylation sites is 1. The molecule has 0 fully saturated rings. The molecule has 2 aromatic carbocycles. The zero-order chi connectivity index (χ0) is 14.9. The van der Waals surface area contributed by atoms with Gasteiger partial charge in [0, 0.05) is 10.3 Å². The predicted octanol–water partition coefficient (Wildman–Crippen LogP) is 5.94. The van der Waals surface area contributed by atoms with Crippen molar-refractivity contribution in [2.75, 3.05) is 0 Å². The van der Waals surface area contributed by atoms with Crippen LogP contribution in [0.1, 0.15) is 5.56 Å². The van der Waals surface area contributed by atoms with Crippen molar-refractivity contribution >= 4 is 22.2 Å². The maximum atomic E-state index is 4.78. The molecule has 1 nitrogen and oxygen atoms in total. The number of aryl methyl sites for hydroxylation is 1. The number of thiophene rings is 1. The molecule has 106 valence electrons. The van der Waals surface area contributed by atoms with E-state index in [9.17, 15) is 0 Å². The molecule has 2 heteroatoms. The van der Waals surface area contributed by atoms with Gasteiger partial charge in [-0.2, -0.15) is 0 Å². The maximum Gasteiger partial charge on any atom is 0.0809 e. The summed E-state index contributed by atoms with van der Waals surface area (Å²) in [5, 5.41) is 1.18. The van der Waals surface area contributed by atoms with Crippen LogP contribution in [0.15, 0.2) is 72.8 Å². The molecule has 0 unspecified atom stereocenters. The number of benzene rings is 2. The van der Waals surface area contributed by atoms with Gasteiger partial charge in [-0.3, -0.25) is 0 Å². The Morgan fingerprint density at radius 2 is 1.50 bits per heavy atom. The highest BCUT2D eigenvalue weighted by Crippen LogP contribution is 2.34. The van der Waals surface area contributed by atoms with E-state index in [-0.39, 0.29) is 0 Å². The quantitative estimate of drug-likeness (QED) is 0.446. The van der Waals surface area contributed by atoms with Crippen LogP contribution in [0.4, 0.5) is 0 Å². The lowest BCUT2D eigenvalue weighted by Gasteiger charge is -2.01. The van der Waals surface area contributed by atoms with Crippen molar-refractivity contribution in [1.82, 2.24) is 4.98 Å². The van der Waals surface area contributed by atoms with E-state index in [1.807, 2.05) is 12.1 Å². The van der Waals surface area contributed by atoms with Gasteiger partial charge in [0.05, 0.1) is 16.1 Å². The van der Waals surface area contributed by atoms with Crippen LogP contribution in [0.25, 0.3) is 31.9 Å². The first kappa shape index (κ1) is 13.2. The normalized spacial score (nSPS) is 11.0. The van der Waals surface area contributed by atoms with E-state index >= 15 is 0 Å². The first-order valence-corrected chi connectivity index (χ1v) is 8.14. The van der Waals surface area contributed by atoms with E-state index in [1.54, 1.807) is 11.3 Å². The van der Waals surface area contributed by atoms with Crippen LogP contribution < -0.4 is 0 Å². The van der Waals surface area contributed by atoms with Crippen molar-refractivity contribution in [3.05, 3.63) is 78.4 Å². The Kier molecular flexibility index (Phi) is 3.24. The molecule has 0 aliphatic carbocycles. The molecule has 0 atom stereocenters. The van der Waals surface area contributed by atoms with Gasteiger partial charge in [0.1, 0.15) is 0 Å². The summed E-state index contributed by atoms with van der Waals surface area (Å²) < 4.78 is 0. The molecule has 2 aromatic heterocycles. The first-order chi connectivity index (χ1) is 10.8. The monoisotopic (exact) mass is 301 g/mol. The van der Waals surface area contributed by atoms with E-state index in [2.05, 4.69) is 67.6 Å². The molecular weight excluding hydrogens is 286 g/mol. The second-order valence-corrected chi connectivity index (χ2v) is 6.50. The zero-order valence-corrected chi connectivity index (χ0v) is 13.1. The Bertz CT molecular complexity index is 935. The highest BCUT2D eigenvalue weighted by molar-refractivity contribution is 7.18. The minimum absolute atomic E-state index is 1.04. The Morgan fingerprint density at radius 3 is 2.36 bits per heavy atom. The third kappa shape index (κ3) is 2.42. The van der Waals surface area contributed by atoms with Crippen molar-refractivity contribution in [2.45, 2.75) is 6.92 Å². The average Bonchev–Trinajstić information content (AvgIpc) is 3.05. The lowest BCUT2D eigenvalue weighted by Crippen LogP contribution is -1.81. The topological polar surface area (TPSA) is 12.9 Å². The number of aromatic nitrogens is 1. The maximum absolute atomic E-state index is 4.78. The van der Waals surface area contributed by atoms with Crippen LogP contribution in [0.3, 0.4) is 0 Å². The summed E-state index contributed by atoms with van der Waals surface area (Å²) in [6.07, 6.45) is 0. The Labute approximate surface area is 133 Å². The molecule has 0 saturated heterocycles. The van der Waals surface area contributed by atoms with Crippen LogP contribution >= 0.6 is 11.3 Å². The Morgan fingerprint density at radius 1 is 0.727 bits per heavy atom. The number of fused-ring (bicyclic) bond motifs is 1. The van der Waals surface area contributed by atoms with E-state index < -0.39 is 0 Å². The minimum Gasteiger partial charge on any atom is -0.247 e. The Hall–Kier alpha value is -2.45. The lowest BCUT2D eigenvalue weighted by molar-refractivity contribution is 1.42. The molecular formula is C20H15NS. The first-order valence-electron chi connectivity index (χ1n) is 7.33. The summed E-state index contributed by atoms with van der Waals surface area (Å²) in [5.41, 5.74) is 4.65. The smallest absolute Gasteiger partial charge is 0.0809 e. The van der Waals surface area contributed by atoms with E-state index in [0.29, 0.717) is 0 Å². The highest BCUT2D eigenvalue weighted by Gasteiger charge is 2.06. The fraction of sp³-hybridized carbons (Fsp3) is 0.0500. The standard InChI is InChI=1S/C20H15NS/c1-14-6-8-16(9-7-14)19-12-13-20(22-19)18-11-10-15-4-2-3-5-17(15)21-18/h2-13H,1H3. The van der Waals surface area contributed by atoms with Gasteiger partial charge in [0.2, 0.25) is 0 Å². The average molecular weight is 301 g/mol. The van der Waals surface area contributed by atoms with Gasteiger partial charge >= 0.3 is 0 Å². The number of nitrogens with zero attached hydrogens (tertiary/aromatic N) is 1. The predicted molar refractivity (Wildman–Crippen MR) is 95.2 cm³/mol. The summed E-state index contributed by atoms with van der Waals surface area (Å²) in [7, 11) is 0. The van der Waals surface area contributed by atoms with E-state index in [4.69, 9.17) is 4.98 Å². The van der Waals surface area contributed by atoms with Crippen molar-refractivity contribution in [2.24, 2.45) is 0 Å². The fourth-order valence-corrected chi connectivity index (χ4v) is 3.53. The summed E-state index contributed by atoms with van der Waals surface area (Å²) in [4.78, 5) is 7.27. The molecule has 0 aliphatic rings. The van der Waals surface area contributed by atoms with Crippen LogP contribution in [-0.2, 0) is 0 Å². The lowest BCUT2D eigenvalue weighted by atomic mass is 10.1. The number of rotatable bonds is 2. The summed E-state index contributed by atoms with van der Waals surface area (Å²) in [6, 6.07) is 25.5. The number of pyridine rings is 1. The van der Waals surface area contributed by atoms with Crippen molar-refractivity contribution in [3.8, 4) is 21.0 Å². The number of hydrogen-bond donors (Lipinski definition) is 0. The number of hydrogen-bond acceptors (Lipinski definition) is 2. The molecule has 4 rings (SSSR count). The van der Waals surface area contributed by atoms with Crippen LogP contribution in [0, 0.1) is 6.92 Å². The van der Waals surface area contributed by atoms with E-state index in [1.165, 1.54) is 26.3 Å². The second-order valence-electron chi connectivity index (χ2n) is 5.42. The van der Waals surface area contributed by atoms with Crippen molar-refractivity contribution in [3.63, 3.8) is 0 Å². The molecule has 22 heavy (non-hydrogen) atoms. The molecule has 0 radical (unpaired) electrons.